The molecule has 2 heterocycles. The van der Waals surface area contributed by atoms with Gasteiger partial charge in [-0.3, -0.25) is 0 Å². The zero-order valence-electron chi connectivity index (χ0n) is 30.5. The van der Waals surface area contributed by atoms with E-state index in [-0.39, 0.29) is 24.8 Å². The fourth-order valence-corrected chi connectivity index (χ4v) is 29.7. The summed E-state index contributed by atoms with van der Waals surface area (Å²) < 4.78 is 13.8. The fraction of sp³-hybridized carbons (Fsp3) is 0.130. The van der Waals surface area contributed by atoms with Crippen LogP contribution in [0, 0.1) is 0 Å². The molecule has 2 atom stereocenters. The van der Waals surface area contributed by atoms with Crippen LogP contribution in [0.4, 0.5) is 34.1 Å². The van der Waals surface area contributed by atoms with Gasteiger partial charge in [0.1, 0.15) is 0 Å². The average molecular weight is 841 g/mol. The van der Waals surface area contributed by atoms with Gasteiger partial charge in [0.15, 0.2) is 0 Å². The molecule has 2 aliphatic heterocycles. The van der Waals surface area contributed by atoms with E-state index < -0.39 is 25.8 Å². The molecule has 6 aromatic carbocycles. The van der Waals surface area contributed by atoms with Crippen molar-refractivity contribution >= 4 is 51.7 Å². The number of anilines is 6. The largest absolute Gasteiger partial charge is 1.00 e. The van der Waals surface area contributed by atoms with Gasteiger partial charge in [-0.25, -0.2) is 0 Å². The first kappa shape index (κ1) is 36.6. The maximum atomic E-state index is 6.41. The summed E-state index contributed by atoms with van der Waals surface area (Å²) in [7, 11) is 0. The number of fused-ring (bicyclic) bond motifs is 6. The Labute approximate surface area is 337 Å². The molecule has 0 saturated heterocycles. The fourth-order valence-electron chi connectivity index (χ4n) is 8.96. The Balaban J connectivity index is 0.00000207. The van der Waals surface area contributed by atoms with Crippen LogP contribution in [0.2, 0.25) is 13.1 Å². The molecule has 8 heteroatoms. The first-order valence-electron chi connectivity index (χ1n) is 18.1. The second kappa shape index (κ2) is 14.4. The van der Waals surface area contributed by atoms with Crippen molar-refractivity contribution in [3.63, 3.8) is 0 Å². The number of rotatable bonds is 4. The monoisotopic (exact) mass is 838 g/mol. The van der Waals surface area contributed by atoms with Crippen molar-refractivity contribution in [3.8, 4) is 23.0 Å². The van der Waals surface area contributed by atoms with E-state index in [0.717, 1.165) is 45.7 Å². The number of allylic oxidation sites excluding steroid dienone is 2. The molecule has 2 aliphatic carbocycles. The molecule has 0 unspecified atom stereocenters. The van der Waals surface area contributed by atoms with Gasteiger partial charge < -0.3 is 24.8 Å². The molecule has 0 saturated carbocycles. The minimum absolute atomic E-state index is 0. The van der Waals surface area contributed by atoms with E-state index in [1.165, 1.54) is 44.8 Å². The summed E-state index contributed by atoms with van der Waals surface area (Å²) in [5, 5.41) is 0. The number of ether oxygens (including phenoxy) is 2. The average Bonchev–Trinajstić information content (AvgIpc) is 3.68. The molecule has 0 spiro atoms. The Kier molecular flexibility index (Phi) is 9.77. The van der Waals surface area contributed by atoms with Gasteiger partial charge in [0.05, 0.1) is 0 Å². The van der Waals surface area contributed by atoms with Gasteiger partial charge in [0.2, 0.25) is 0 Å². The standard InChI is InChI=1S/2C22H16NO.C2H6Si.2ClH.Zr/c2*1-15-13-16-7-6-10-18(17(16)14-15)23-19-8-2-4-11-21(19)24-22-12-5-3-9-20(22)23;1-3-2;;;/h2*2-14H,1H3;1-2H3;2*1H;/q;;;;;+2/p-2. The molecule has 6 aromatic rings. The SMILES string of the molecule is CC1=Cc2c(cccc2N2c3ccccc3Oc3ccccc32)[C@@H]1[Zr+2]([C@H]1C(C)=Cc2c1cccc2N1c2ccccc2Oc2ccccc21)=[Si](C)C.[Cl-].[Cl-]. The van der Waals surface area contributed by atoms with Gasteiger partial charge in [-0.1, -0.05) is 0 Å². The number of hydrogen-bond acceptors (Lipinski definition) is 4. The van der Waals surface area contributed by atoms with Gasteiger partial charge in [0.25, 0.3) is 0 Å². The summed E-state index contributed by atoms with van der Waals surface area (Å²) in [5.74, 6) is 3.56. The summed E-state index contributed by atoms with van der Waals surface area (Å²) >= 11 is -2.34. The van der Waals surface area contributed by atoms with E-state index in [9.17, 15) is 0 Å². The van der Waals surface area contributed by atoms with Crippen molar-refractivity contribution in [2.24, 2.45) is 0 Å². The van der Waals surface area contributed by atoms with E-state index in [0.29, 0.717) is 7.25 Å². The minimum atomic E-state index is -2.34. The quantitative estimate of drug-likeness (QED) is 0.174. The normalized spacial score (nSPS) is 16.5. The van der Waals surface area contributed by atoms with Crippen molar-refractivity contribution in [1.29, 1.82) is 0 Å². The Morgan fingerprint density at radius 2 is 0.759 bits per heavy atom. The predicted octanol–water partition coefficient (Wildman–Crippen LogP) is 7.33. The molecule has 0 radical (unpaired) electrons. The van der Waals surface area contributed by atoms with Crippen molar-refractivity contribution in [1.82, 2.24) is 0 Å². The van der Waals surface area contributed by atoms with Crippen molar-refractivity contribution in [2.45, 2.75) is 34.2 Å². The van der Waals surface area contributed by atoms with E-state index in [2.05, 4.69) is 182 Å². The Morgan fingerprint density at radius 3 is 1.09 bits per heavy atom. The van der Waals surface area contributed by atoms with Gasteiger partial charge in [-0.05, 0) is 0 Å². The minimum Gasteiger partial charge on any atom is -1.00 e. The summed E-state index contributed by atoms with van der Waals surface area (Å²) in [6.07, 6.45) is 5.04. The molecule has 0 N–H and O–H groups in total. The van der Waals surface area contributed by atoms with Crippen LogP contribution in [0.5, 0.6) is 23.0 Å². The first-order valence-corrected chi connectivity index (χ1v) is 27.1. The maximum absolute atomic E-state index is 6.41. The molecule has 266 valence electrons. The Hall–Kier alpha value is -4.32. The molecule has 4 nitrogen and oxygen atoms in total. The molecule has 0 fully saturated rings. The number of benzene rings is 6. The summed E-state index contributed by atoms with van der Waals surface area (Å²) in [6.45, 7) is 10.0. The van der Waals surface area contributed by atoms with Crippen LogP contribution >= 0.6 is 0 Å². The van der Waals surface area contributed by atoms with Crippen LogP contribution in [-0.4, -0.2) is 5.43 Å². The number of halogens is 2. The van der Waals surface area contributed by atoms with Gasteiger partial charge in [0, 0.05) is 0 Å². The third-order valence-electron chi connectivity index (χ3n) is 11.1. The summed E-state index contributed by atoms with van der Waals surface area (Å²) in [6, 6.07) is 47.8. The van der Waals surface area contributed by atoms with Gasteiger partial charge >= 0.3 is 315 Å². The van der Waals surface area contributed by atoms with Crippen LogP contribution in [-0.2, 0) is 20.4 Å². The maximum Gasteiger partial charge on any atom is -1.00 e. The van der Waals surface area contributed by atoms with E-state index in [1.807, 2.05) is 0 Å². The molecular formula is C46H38Cl2N2O2SiZr. The van der Waals surface area contributed by atoms with Crippen molar-refractivity contribution < 1.29 is 54.7 Å². The second-order valence-electron chi connectivity index (χ2n) is 14.4. The molecule has 0 aromatic heterocycles. The molecule has 0 amide bonds. The molecule has 0 bridgehead atoms. The van der Waals surface area contributed by atoms with Crippen molar-refractivity contribution in [3.05, 3.63) is 167 Å². The Bertz CT molecular complexity index is 2320. The van der Waals surface area contributed by atoms with Crippen molar-refractivity contribution in [2.75, 3.05) is 9.80 Å². The van der Waals surface area contributed by atoms with E-state index >= 15 is 0 Å². The first-order chi connectivity index (χ1) is 25.5. The van der Waals surface area contributed by atoms with Crippen LogP contribution in [0.25, 0.3) is 12.2 Å². The van der Waals surface area contributed by atoms with Crippen LogP contribution < -0.4 is 44.1 Å². The summed E-state index contributed by atoms with van der Waals surface area (Å²) in [5.41, 5.74) is 15.0. The number of para-hydroxylation sites is 8. The smallest absolute Gasteiger partial charge is 1.00 e. The topological polar surface area (TPSA) is 24.9 Å². The predicted molar refractivity (Wildman–Crippen MR) is 213 cm³/mol. The van der Waals surface area contributed by atoms with Crippen LogP contribution in [0.1, 0.15) is 43.4 Å². The number of nitrogens with zero attached hydrogens (tertiary/aromatic N) is 2. The van der Waals surface area contributed by atoms with Gasteiger partial charge in [-0.15, -0.1) is 0 Å². The van der Waals surface area contributed by atoms with Gasteiger partial charge in [-0.2, -0.15) is 0 Å². The molecule has 54 heavy (non-hydrogen) atoms. The second-order valence-corrected chi connectivity index (χ2v) is 32.3. The third kappa shape index (κ3) is 5.64. The zero-order valence-corrected chi connectivity index (χ0v) is 35.4. The molecule has 4 aliphatic rings. The van der Waals surface area contributed by atoms with Crippen LogP contribution in [0.15, 0.2) is 145 Å². The zero-order chi connectivity index (χ0) is 35.1. The molecule has 10 rings (SSSR count). The molecular weight excluding hydrogens is 803 g/mol. The third-order valence-corrected chi connectivity index (χ3v) is 31.0. The Morgan fingerprint density at radius 1 is 0.444 bits per heavy atom. The summed E-state index contributed by atoms with van der Waals surface area (Å²) in [4.78, 5) is 4.85. The van der Waals surface area contributed by atoms with E-state index in [1.54, 1.807) is 0 Å². The van der Waals surface area contributed by atoms with E-state index in [4.69, 9.17) is 9.47 Å². The van der Waals surface area contributed by atoms with Crippen LogP contribution in [0.3, 0.4) is 0 Å². The number of hydrogen-bond donors (Lipinski definition) is 0.